The Kier molecular flexibility index (Phi) is 6.30. The number of anilines is 1. The molecule has 0 amide bonds. The molecule has 1 aromatic rings. The van der Waals surface area contributed by atoms with Crippen molar-refractivity contribution in [3.63, 3.8) is 0 Å². The molecule has 5 heteroatoms. The fourth-order valence-corrected chi connectivity index (χ4v) is 2.04. The minimum atomic E-state index is -0.763. The number of rotatable bonds is 7. The van der Waals surface area contributed by atoms with Crippen LogP contribution in [0.3, 0.4) is 0 Å². The van der Waals surface area contributed by atoms with E-state index >= 15 is 0 Å². The maximum Gasteiger partial charge on any atom is 0.303 e. The number of nitrogens with zero attached hydrogens (tertiary/aromatic N) is 1. The van der Waals surface area contributed by atoms with Crippen molar-refractivity contribution in [1.29, 1.82) is 0 Å². The highest BCUT2D eigenvalue weighted by Crippen LogP contribution is 2.27. The maximum atomic E-state index is 10.5. The number of aliphatic carboxylic acids is 1. The van der Waals surface area contributed by atoms with E-state index < -0.39 is 5.97 Å². The van der Waals surface area contributed by atoms with Crippen molar-refractivity contribution < 1.29 is 9.90 Å². The van der Waals surface area contributed by atoms with E-state index in [9.17, 15) is 4.79 Å². The minimum Gasteiger partial charge on any atom is -0.481 e. The highest BCUT2D eigenvalue weighted by molar-refractivity contribution is 6.42. The van der Waals surface area contributed by atoms with Crippen LogP contribution in [0.5, 0.6) is 0 Å². The molecule has 0 aromatic heterocycles. The molecule has 100 valence electrons. The molecule has 0 aliphatic rings. The molecule has 0 saturated carbocycles. The smallest absolute Gasteiger partial charge is 0.303 e. The van der Waals surface area contributed by atoms with Crippen molar-refractivity contribution in [3.05, 3.63) is 28.2 Å². The Hall–Kier alpha value is -0.930. The van der Waals surface area contributed by atoms with E-state index in [-0.39, 0.29) is 6.42 Å². The maximum absolute atomic E-state index is 10.5. The predicted molar refractivity (Wildman–Crippen MR) is 75.8 cm³/mol. The summed E-state index contributed by atoms with van der Waals surface area (Å²) in [5.74, 6) is -0.763. The highest BCUT2D eigenvalue weighted by Gasteiger charge is 2.08. The summed E-state index contributed by atoms with van der Waals surface area (Å²) >= 11 is 11.9. The van der Waals surface area contributed by atoms with Gasteiger partial charge in [0.15, 0.2) is 0 Å². The molecule has 0 spiro atoms. The second-order valence-electron chi connectivity index (χ2n) is 4.08. The van der Waals surface area contributed by atoms with Crippen LogP contribution in [0.4, 0.5) is 5.69 Å². The van der Waals surface area contributed by atoms with Gasteiger partial charge in [-0.25, -0.2) is 0 Å². The van der Waals surface area contributed by atoms with Crippen molar-refractivity contribution in [2.45, 2.75) is 26.2 Å². The number of benzene rings is 1. The van der Waals surface area contributed by atoms with E-state index in [4.69, 9.17) is 28.3 Å². The molecule has 0 atom stereocenters. The van der Waals surface area contributed by atoms with Crippen LogP contribution in [0.1, 0.15) is 26.2 Å². The molecule has 1 aromatic carbocycles. The molecule has 0 radical (unpaired) electrons. The molecule has 0 fully saturated rings. The van der Waals surface area contributed by atoms with Gasteiger partial charge in [-0.15, -0.1) is 0 Å². The first-order valence-electron chi connectivity index (χ1n) is 5.96. The summed E-state index contributed by atoms with van der Waals surface area (Å²) in [4.78, 5) is 12.6. The number of carboxylic acids is 1. The van der Waals surface area contributed by atoms with Crippen LogP contribution in [-0.2, 0) is 4.79 Å². The summed E-state index contributed by atoms with van der Waals surface area (Å²) in [6.45, 7) is 3.66. The van der Waals surface area contributed by atoms with E-state index in [1.54, 1.807) is 6.07 Å². The summed E-state index contributed by atoms with van der Waals surface area (Å²) in [7, 11) is 0. The van der Waals surface area contributed by atoms with Gasteiger partial charge in [0.2, 0.25) is 0 Å². The molecule has 0 bridgehead atoms. The average molecular weight is 290 g/mol. The largest absolute Gasteiger partial charge is 0.481 e. The van der Waals surface area contributed by atoms with E-state index in [1.807, 2.05) is 12.1 Å². The molecule has 0 aliphatic heterocycles. The molecule has 3 nitrogen and oxygen atoms in total. The molecule has 1 rings (SSSR count). The fourth-order valence-electron chi connectivity index (χ4n) is 1.74. The van der Waals surface area contributed by atoms with Gasteiger partial charge in [-0.05, 0) is 31.0 Å². The van der Waals surface area contributed by atoms with Crippen LogP contribution in [0.15, 0.2) is 18.2 Å². The molecule has 0 saturated heterocycles. The Morgan fingerprint density at radius 3 is 2.56 bits per heavy atom. The van der Waals surface area contributed by atoms with E-state index in [0.29, 0.717) is 23.0 Å². The Morgan fingerprint density at radius 2 is 2.00 bits per heavy atom. The monoisotopic (exact) mass is 289 g/mol. The van der Waals surface area contributed by atoms with Crippen LogP contribution in [0.25, 0.3) is 0 Å². The Morgan fingerprint density at radius 1 is 1.28 bits per heavy atom. The first-order valence-corrected chi connectivity index (χ1v) is 6.72. The third kappa shape index (κ3) is 4.75. The minimum absolute atomic E-state index is 0.182. The zero-order valence-electron chi connectivity index (χ0n) is 10.3. The van der Waals surface area contributed by atoms with Gasteiger partial charge in [0, 0.05) is 25.2 Å². The summed E-state index contributed by atoms with van der Waals surface area (Å²) in [6.07, 6.45) is 1.80. The standard InChI is InChI=1S/C13H17Cl2NO2/c1-2-7-16(8-3-4-13(17)18)10-5-6-11(14)12(15)9-10/h5-6,9H,2-4,7-8H2,1H3,(H,17,18). The van der Waals surface area contributed by atoms with Gasteiger partial charge in [0.05, 0.1) is 10.0 Å². The molecule has 0 unspecified atom stereocenters. The lowest BCUT2D eigenvalue weighted by Gasteiger charge is -2.24. The second kappa shape index (κ2) is 7.49. The van der Waals surface area contributed by atoms with Crippen molar-refractivity contribution in [1.82, 2.24) is 0 Å². The van der Waals surface area contributed by atoms with Gasteiger partial charge in [0.25, 0.3) is 0 Å². The third-order valence-corrected chi connectivity index (χ3v) is 3.32. The van der Waals surface area contributed by atoms with Crippen LogP contribution in [-0.4, -0.2) is 24.2 Å². The number of hydrogen-bond donors (Lipinski definition) is 1. The Balaban J connectivity index is 2.70. The second-order valence-corrected chi connectivity index (χ2v) is 4.90. The van der Waals surface area contributed by atoms with Crippen molar-refractivity contribution in [2.75, 3.05) is 18.0 Å². The molecular weight excluding hydrogens is 273 g/mol. The quantitative estimate of drug-likeness (QED) is 0.822. The highest BCUT2D eigenvalue weighted by atomic mass is 35.5. The van der Waals surface area contributed by atoms with Crippen molar-refractivity contribution in [2.24, 2.45) is 0 Å². The lowest BCUT2D eigenvalue weighted by molar-refractivity contribution is -0.137. The van der Waals surface area contributed by atoms with Crippen molar-refractivity contribution in [3.8, 4) is 0 Å². The zero-order valence-corrected chi connectivity index (χ0v) is 11.8. The Bertz CT molecular complexity index is 410. The number of hydrogen-bond acceptors (Lipinski definition) is 2. The van der Waals surface area contributed by atoms with Gasteiger partial charge < -0.3 is 10.0 Å². The molecule has 18 heavy (non-hydrogen) atoms. The number of halogens is 2. The molecule has 1 N–H and O–H groups in total. The Labute approximate surface area is 117 Å². The molecule has 0 heterocycles. The zero-order chi connectivity index (χ0) is 13.5. The molecular formula is C13H17Cl2NO2. The van der Waals surface area contributed by atoms with E-state index in [0.717, 1.165) is 18.7 Å². The van der Waals surface area contributed by atoms with E-state index in [2.05, 4.69) is 11.8 Å². The normalized spacial score (nSPS) is 10.4. The topological polar surface area (TPSA) is 40.5 Å². The van der Waals surface area contributed by atoms with Crippen LogP contribution in [0, 0.1) is 0 Å². The first kappa shape index (κ1) is 15.1. The lowest BCUT2D eigenvalue weighted by atomic mass is 10.2. The SMILES string of the molecule is CCCN(CCCC(=O)O)c1ccc(Cl)c(Cl)c1. The first-order chi connectivity index (χ1) is 8.54. The van der Waals surface area contributed by atoms with Gasteiger partial charge in [0.1, 0.15) is 0 Å². The van der Waals surface area contributed by atoms with Gasteiger partial charge in [-0.3, -0.25) is 4.79 Å². The summed E-state index contributed by atoms with van der Waals surface area (Å²) in [5, 5.41) is 9.70. The predicted octanol–water partition coefficient (Wildman–Crippen LogP) is 4.07. The lowest BCUT2D eigenvalue weighted by Crippen LogP contribution is -2.25. The third-order valence-electron chi connectivity index (χ3n) is 2.58. The number of carboxylic acid groups (broad SMARTS) is 1. The summed E-state index contributed by atoms with van der Waals surface area (Å²) in [5.41, 5.74) is 0.983. The fraction of sp³-hybridized carbons (Fsp3) is 0.462. The van der Waals surface area contributed by atoms with Gasteiger partial charge in [-0.2, -0.15) is 0 Å². The summed E-state index contributed by atoms with van der Waals surface area (Å²) < 4.78 is 0. The van der Waals surface area contributed by atoms with Crippen LogP contribution in [0.2, 0.25) is 10.0 Å². The van der Waals surface area contributed by atoms with Gasteiger partial charge >= 0.3 is 5.97 Å². The average Bonchev–Trinajstić information content (AvgIpc) is 2.31. The van der Waals surface area contributed by atoms with Crippen LogP contribution >= 0.6 is 23.2 Å². The van der Waals surface area contributed by atoms with Crippen molar-refractivity contribution >= 4 is 34.9 Å². The van der Waals surface area contributed by atoms with Gasteiger partial charge in [-0.1, -0.05) is 30.1 Å². The summed E-state index contributed by atoms with van der Waals surface area (Å²) in [6, 6.07) is 5.49. The van der Waals surface area contributed by atoms with E-state index in [1.165, 1.54) is 0 Å². The van der Waals surface area contributed by atoms with Crippen LogP contribution < -0.4 is 4.90 Å². The molecule has 0 aliphatic carbocycles. The number of carbonyl (C=O) groups is 1.